The highest BCUT2D eigenvalue weighted by molar-refractivity contribution is 5.85. The summed E-state index contributed by atoms with van der Waals surface area (Å²) in [5.74, 6) is 0. The topological polar surface area (TPSA) is 26.0 Å². The highest BCUT2D eigenvalue weighted by atomic mass is 35.5. The number of allylic oxidation sites excluding steroid dienone is 6. The molecular weight excluding hydrogens is 806 g/mol. The lowest BCUT2D eigenvalue weighted by atomic mass is 9.82. The standard InChI is InChI=1S/C63H123N.ClH/c1-4-7-10-13-16-19-22-25-28-31-33-35-37-40-43-46-49-52-55-58-61-63(64,60-57-54-51-48-45-42-39-30-27-24-21-18-15-12-9-6-3)62-59-56-53-50-47-44-41-38-36-34-32-29-26-23-20-17-14-11-8-5-2;/h25-30H,4-24,31-62,64H2,1-3H3;1H/b28-25-,29-26-,30-27-;. The first-order valence-corrected chi connectivity index (χ1v) is 30.4. The summed E-state index contributed by atoms with van der Waals surface area (Å²) in [6.07, 6.45) is 88.4. The van der Waals surface area contributed by atoms with Gasteiger partial charge in [0.2, 0.25) is 0 Å². The summed E-state index contributed by atoms with van der Waals surface area (Å²) in [6.45, 7) is 6.91. The number of hydrogen-bond donors (Lipinski definition) is 1. The van der Waals surface area contributed by atoms with Gasteiger partial charge in [0.05, 0.1) is 0 Å². The molecule has 65 heavy (non-hydrogen) atoms. The number of halogens is 1. The molecule has 0 atom stereocenters. The molecule has 0 aromatic carbocycles. The highest BCUT2D eigenvalue weighted by Gasteiger charge is 2.23. The molecule has 0 amide bonds. The van der Waals surface area contributed by atoms with E-state index >= 15 is 0 Å². The Labute approximate surface area is 419 Å². The maximum absolute atomic E-state index is 7.30. The van der Waals surface area contributed by atoms with Gasteiger partial charge in [-0.25, -0.2) is 0 Å². The van der Waals surface area contributed by atoms with Crippen LogP contribution < -0.4 is 5.73 Å². The van der Waals surface area contributed by atoms with Crippen molar-refractivity contribution in [3.63, 3.8) is 0 Å². The van der Waals surface area contributed by atoms with E-state index in [4.69, 9.17) is 5.73 Å². The molecule has 0 aromatic rings. The minimum Gasteiger partial charge on any atom is -0.325 e. The second-order valence-corrected chi connectivity index (χ2v) is 21.3. The average Bonchev–Trinajstić information content (AvgIpc) is 3.30. The Bertz CT molecular complexity index is 870. The minimum absolute atomic E-state index is 0. The summed E-state index contributed by atoms with van der Waals surface area (Å²) < 4.78 is 0. The van der Waals surface area contributed by atoms with E-state index in [2.05, 4.69) is 57.2 Å². The van der Waals surface area contributed by atoms with E-state index in [9.17, 15) is 0 Å². The summed E-state index contributed by atoms with van der Waals surface area (Å²) in [5, 5.41) is 0. The molecule has 0 aliphatic carbocycles. The van der Waals surface area contributed by atoms with Gasteiger partial charge in [0.1, 0.15) is 0 Å². The Morgan fingerprint density at radius 1 is 0.215 bits per heavy atom. The normalized spacial score (nSPS) is 12.2. The number of rotatable bonds is 56. The molecule has 0 saturated heterocycles. The second kappa shape index (κ2) is 59.6. The molecule has 0 bridgehead atoms. The van der Waals surface area contributed by atoms with Crippen molar-refractivity contribution < 1.29 is 0 Å². The van der Waals surface area contributed by atoms with Gasteiger partial charge in [0, 0.05) is 5.54 Å². The molecule has 0 aliphatic rings. The van der Waals surface area contributed by atoms with Gasteiger partial charge < -0.3 is 5.73 Å². The fourth-order valence-electron chi connectivity index (χ4n) is 9.96. The van der Waals surface area contributed by atoms with Crippen LogP contribution in [0.25, 0.3) is 0 Å². The molecule has 0 spiro atoms. The lowest BCUT2D eigenvalue weighted by Crippen LogP contribution is -2.39. The number of nitrogens with two attached hydrogens (primary N) is 1. The zero-order valence-electron chi connectivity index (χ0n) is 45.4. The van der Waals surface area contributed by atoms with Gasteiger partial charge in [-0.3, -0.25) is 0 Å². The third-order valence-electron chi connectivity index (χ3n) is 14.6. The molecule has 0 aliphatic heterocycles. The zero-order chi connectivity index (χ0) is 46.2. The first-order chi connectivity index (χ1) is 31.7. The van der Waals surface area contributed by atoms with Crippen molar-refractivity contribution in [2.24, 2.45) is 5.73 Å². The Kier molecular flexibility index (Phi) is 61.0. The van der Waals surface area contributed by atoms with Crippen LogP contribution in [0.1, 0.15) is 361 Å². The SMILES string of the molecule is CCCCCCCC/C=C\CCCCCCCCCCCCC(N)(CCCCCCCC/C=C\CCCCCCCC)CCCCCCCCCCCC/C=C\CCCCCCCC.Cl. The fourth-order valence-corrected chi connectivity index (χ4v) is 9.96. The monoisotopic (exact) mass is 930 g/mol. The smallest absolute Gasteiger partial charge is 0.0154 e. The molecule has 0 saturated carbocycles. The van der Waals surface area contributed by atoms with Crippen molar-refractivity contribution in [1.82, 2.24) is 0 Å². The van der Waals surface area contributed by atoms with Crippen LogP contribution in [-0.4, -0.2) is 5.54 Å². The quantitative estimate of drug-likeness (QED) is 0.0477. The van der Waals surface area contributed by atoms with Gasteiger partial charge in [-0.1, -0.05) is 301 Å². The van der Waals surface area contributed by atoms with Crippen LogP contribution in [0.3, 0.4) is 0 Å². The average molecular weight is 931 g/mol. The van der Waals surface area contributed by atoms with Crippen molar-refractivity contribution in [2.75, 3.05) is 0 Å². The summed E-state index contributed by atoms with van der Waals surface area (Å²) in [7, 11) is 0. The third-order valence-corrected chi connectivity index (χ3v) is 14.6. The van der Waals surface area contributed by atoms with Crippen LogP contribution in [0.15, 0.2) is 36.5 Å². The lowest BCUT2D eigenvalue weighted by molar-refractivity contribution is 0.302. The summed E-state index contributed by atoms with van der Waals surface area (Å²) in [6, 6.07) is 0. The van der Waals surface area contributed by atoms with E-state index in [0.717, 1.165) is 0 Å². The Morgan fingerprint density at radius 2 is 0.354 bits per heavy atom. The van der Waals surface area contributed by atoms with E-state index in [1.165, 1.54) is 340 Å². The highest BCUT2D eigenvalue weighted by Crippen LogP contribution is 2.27. The minimum atomic E-state index is 0. The molecule has 0 fully saturated rings. The van der Waals surface area contributed by atoms with E-state index in [0.29, 0.717) is 0 Å². The predicted octanol–water partition coefficient (Wildman–Crippen LogP) is 23.5. The first-order valence-electron chi connectivity index (χ1n) is 30.4. The molecular formula is C63H124ClN. The van der Waals surface area contributed by atoms with Crippen molar-refractivity contribution in [3.05, 3.63) is 36.5 Å². The van der Waals surface area contributed by atoms with Gasteiger partial charge in [-0.15, -0.1) is 12.4 Å². The van der Waals surface area contributed by atoms with Crippen LogP contribution in [0.5, 0.6) is 0 Å². The largest absolute Gasteiger partial charge is 0.325 e. The van der Waals surface area contributed by atoms with Crippen LogP contribution >= 0.6 is 12.4 Å². The number of unbranched alkanes of at least 4 members (excludes halogenated alkanes) is 44. The molecule has 0 rings (SSSR count). The van der Waals surface area contributed by atoms with Gasteiger partial charge in [0.25, 0.3) is 0 Å². The van der Waals surface area contributed by atoms with Crippen molar-refractivity contribution >= 4 is 12.4 Å². The Hall–Kier alpha value is -0.530. The number of hydrogen-bond acceptors (Lipinski definition) is 1. The van der Waals surface area contributed by atoms with E-state index < -0.39 is 0 Å². The fraction of sp³-hybridized carbons (Fsp3) is 0.905. The molecule has 2 N–H and O–H groups in total. The van der Waals surface area contributed by atoms with E-state index in [1.807, 2.05) is 0 Å². The Balaban J connectivity index is 0. The summed E-state index contributed by atoms with van der Waals surface area (Å²) in [4.78, 5) is 0. The molecule has 0 aromatic heterocycles. The summed E-state index contributed by atoms with van der Waals surface area (Å²) in [5.41, 5.74) is 7.40. The second-order valence-electron chi connectivity index (χ2n) is 21.3. The third kappa shape index (κ3) is 57.7. The maximum atomic E-state index is 7.30. The van der Waals surface area contributed by atoms with Crippen LogP contribution in [-0.2, 0) is 0 Å². The first kappa shape index (κ1) is 66.6. The zero-order valence-corrected chi connectivity index (χ0v) is 46.2. The summed E-state index contributed by atoms with van der Waals surface area (Å²) >= 11 is 0. The van der Waals surface area contributed by atoms with Crippen LogP contribution in [0.4, 0.5) is 0 Å². The van der Waals surface area contributed by atoms with Crippen LogP contribution in [0.2, 0.25) is 0 Å². The Morgan fingerprint density at radius 3 is 0.523 bits per heavy atom. The van der Waals surface area contributed by atoms with Gasteiger partial charge in [-0.2, -0.15) is 0 Å². The molecule has 0 unspecified atom stereocenters. The maximum Gasteiger partial charge on any atom is 0.0154 e. The predicted molar refractivity (Wildman–Crippen MR) is 303 cm³/mol. The molecule has 388 valence electrons. The van der Waals surface area contributed by atoms with Crippen molar-refractivity contribution in [1.29, 1.82) is 0 Å². The van der Waals surface area contributed by atoms with E-state index in [-0.39, 0.29) is 17.9 Å². The van der Waals surface area contributed by atoms with E-state index in [1.54, 1.807) is 0 Å². The van der Waals surface area contributed by atoms with Gasteiger partial charge in [0.15, 0.2) is 0 Å². The molecule has 0 radical (unpaired) electrons. The van der Waals surface area contributed by atoms with Crippen molar-refractivity contribution in [3.8, 4) is 0 Å². The molecule has 1 nitrogen and oxygen atoms in total. The molecule has 2 heteroatoms. The van der Waals surface area contributed by atoms with Gasteiger partial charge >= 0.3 is 0 Å². The molecule has 0 heterocycles. The van der Waals surface area contributed by atoms with Gasteiger partial charge in [-0.05, 0) is 96.3 Å². The van der Waals surface area contributed by atoms with Crippen molar-refractivity contribution in [2.45, 2.75) is 367 Å². The lowest BCUT2D eigenvalue weighted by Gasteiger charge is -2.30. The van der Waals surface area contributed by atoms with Crippen LogP contribution in [0, 0.1) is 0 Å².